The van der Waals surface area contributed by atoms with Crippen molar-refractivity contribution in [2.45, 2.75) is 20.3 Å². The van der Waals surface area contributed by atoms with Crippen molar-refractivity contribution in [1.29, 1.82) is 0 Å². The SMILES string of the molecule is Cc1ccc(C(=O)NCCC(C)C(=O)O)cc1[N+](=O)[O-]. The zero-order valence-electron chi connectivity index (χ0n) is 11.3. The molecule has 0 bridgehead atoms. The van der Waals surface area contributed by atoms with Crippen LogP contribution in [0.4, 0.5) is 5.69 Å². The second kappa shape index (κ2) is 6.65. The topological polar surface area (TPSA) is 110 Å². The highest BCUT2D eigenvalue weighted by Crippen LogP contribution is 2.19. The third kappa shape index (κ3) is 4.04. The minimum absolute atomic E-state index is 0.114. The first-order valence-corrected chi connectivity index (χ1v) is 6.09. The molecule has 0 heterocycles. The molecule has 1 unspecified atom stereocenters. The Morgan fingerprint density at radius 1 is 1.45 bits per heavy atom. The zero-order chi connectivity index (χ0) is 15.3. The van der Waals surface area contributed by atoms with Crippen LogP contribution < -0.4 is 5.32 Å². The van der Waals surface area contributed by atoms with Crippen LogP contribution in [-0.4, -0.2) is 28.5 Å². The number of carbonyl (C=O) groups excluding carboxylic acids is 1. The van der Waals surface area contributed by atoms with Crippen LogP contribution in [0.1, 0.15) is 29.3 Å². The summed E-state index contributed by atoms with van der Waals surface area (Å²) in [7, 11) is 0. The van der Waals surface area contributed by atoms with Gasteiger partial charge in [0.25, 0.3) is 11.6 Å². The summed E-state index contributed by atoms with van der Waals surface area (Å²) in [5, 5.41) is 22.0. The molecule has 0 radical (unpaired) electrons. The van der Waals surface area contributed by atoms with Gasteiger partial charge in [0, 0.05) is 23.7 Å². The third-order valence-electron chi connectivity index (χ3n) is 2.95. The van der Waals surface area contributed by atoms with Crippen molar-refractivity contribution in [1.82, 2.24) is 5.32 Å². The second-order valence-corrected chi connectivity index (χ2v) is 4.54. The molecule has 1 amide bonds. The molecule has 0 aromatic heterocycles. The van der Waals surface area contributed by atoms with Crippen molar-refractivity contribution in [2.24, 2.45) is 5.92 Å². The van der Waals surface area contributed by atoms with Crippen molar-refractivity contribution in [3.63, 3.8) is 0 Å². The molecule has 0 saturated heterocycles. The van der Waals surface area contributed by atoms with E-state index in [9.17, 15) is 19.7 Å². The van der Waals surface area contributed by atoms with Gasteiger partial charge in [0.2, 0.25) is 0 Å². The van der Waals surface area contributed by atoms with E-state index in [1.807, 2.05) is 0 Å². The summed E-state index contributed by atoms with van der Waals surface area (Å²) in [6.07, 6.45) is 0.301. The Morgan fingerprint density at radius 2 is 2.10 bits per heavy atom. The predicted octanol–water partition coefficient (Wildman–Crippen LogP) is 1.74. The molecule has 0 spiro atoms. The van der Waals surface area contributed by atoms with Gasteiger partial charge in [-0.15, -0.1) is 0 Å². The van der Waals surface area contributed by atoms with Crippen LogP contribution in [0.5, 0.6) is 0 Å². The normalized spacial score (nSPS) is 11.7. The van der Waals surface area contributed by atoms with E-state index < -0.39 is 22.7 Å². The molecule has 0 aliphatic rings. The molecule has 1 rings (SSSR count). The molecule has 1 aromatic rings. The van der Waals surface area contributed by atoms with Crippen LogP contribution in [0.15, 0.2) is 18.2 Å². The number of carboxylic acid groups (broad SMARTS) is 1. The van der Waals surface area contributed by atoms with Crippen molar-refractivity contribution >= 4 is 17.6 Å². The van der Waals surface area contributed by atoms with Gasteiger partial charge in [-0.2, -0.15) is 0 Å². The summed E-state index contributed by atoms with van der Waals surface area (Å²) in [4.78, 5) is 32.7. The number of aliphatic carboxylic acids is 1. The number of carboxylic acids is 1. The molecule has 0 saturated carbocycles. The van der Waals surface area contributed by atoms with E-state index in [-0.39, 0.29) is 17.8 Å². The lowest BCUT2D eigenvalue weighted by atomic mass is 10.1. The summed E-state index contributed by atoms with van der Waals surface area (Å²) in [5.74, 6) is -1.93. The fourth-order valence-corrected chi connectivity index (χ4v) is 1.58. The molecule has 0 aliphatic heterocycles. The maximum atomic E-state index is 11.8. The quantitative estimate of drug-likeness (QED) is 0.609. The Kier molecular flexibility index (Phi) is 5.19. The monoisotopic (exact) mass is 280 g/mol. The van der Waals surface area contributed by atoms with E-state index in [1.165, 1.54) is 18.2 Å². The number of hydrogen-bond donors (Lipinski definition) is 2. The smallest absolute Gasteiger partial charge is 0.306 e. The summed E-state index contributed by atoms with van der Waals surface area (Å²) in [6, 6.07) is 4.22. The Bertz CT molecular complexity index is 542. The van der Waals surface area contributed by atoms with Gasteiger partial charge in [0.1, 0.15) is 0 Å². The van der Waals surface area contributed by atoms with Gasteiger partial charge in [0.15, 0.2) is 0 Å². The molecule has 0 fully saturated rings. The minimum atomic E-state index is -0.926. The van der Waals surface area contributed by atoms with Gasteiger partial charge in [-0.25, -0.2) is 0 Å². The maximum Gasteiger partial charge on any atom is 0.306 e. The lowest BCUT2D eigenvalue weighted by Gasteiger charge is -2.08. The third-order valence-corrected chi connectivity index (χ3v) is 2.95. The Balaban J connectivity index is 2.67. The van der Waals surface area contributed by atoms with Crippen molar-refractivity contribution < 1.29 is 19.6 Å². The number of amides is 1. The number of hydrogen-bond acceptors (Lipinski definition) is 4. The highest BCUT2D eigenvalue weighted by atomic mass is 16.6. The summed E-state index contributed by atoms with van der Waals surface area (Å²) < 4.78 is 0. The Hall–Kier alpha value is -2.44. The molecule has 7 heteroatoms. The lowest BCUT2D eigenvalue weighted by Crippen LogP contribution is -2.27. The van der Waals surface area contributed by atoms with Crippen molar-refractivity contribution in [3.05, 3.63) is 39.4 Å². The van der Waals surface area contributed by atoms with Crippen LogP contribution in [0.2, 0.25) is 0 Å². The van der Waals surface area contributed by atoms with E-state index >= 15 is 0 Å². The fraction of sp³-hybridized carbons (Fsp3) is 0.385. The first-order chi connectivity index (χ1) is 9.32. The minimum Gasteiger partial charge on any atom is -0.481 e. The highest BCUT2D eigenvalue weighted by molar-refractivity contribution is 5.95. The van der Waals surface area contributed by atoms with Gasteiger partial charge in [-0.3, -0.25) is 19.7 Å². The van der Waals surface area contributed by atoms with Gasteiger partial charge in [-0.05, 0) is 19.4 Å². The number of nitro benzene ring substituents is 1. The van der Waals surface area contributed by atoms with E-state index in [0.717, 1.165) is 0 Å². The molecule has 7 nitrogen and oxygen atoms in total. The molecular formula is C13H16N2O5. The standard InChI is InChI=1S/C13H16N2O5/c1-8-3-4-10(7-11(8)15(19)20)12(16)14-6-5-9(2)13(17)18/h3-4,7,9H,5-6H2,1-2H3,(H,14,16)(H,17,18). The van der Waals surface area contributed by atoms with E-state index in [0.29, 0.717) is 12.0 Å². The van der Waals surface area contributed by atoms with E-state index in [1.54, 1.807) is 13.8 Å². The fourth-order valence-electron chi connectivity index (χ4n) is 1.58. The number of nitrogens with zero attached hydrogens (tertiary/aromatic N) is 1. The van der Waals surface area contributed by atoms with Crippen LogP contribution in [-0.2, 0) is 4.79 Å². The molecular weight excluding hydrogens is 264 g/mol. The first kappa shape index (κ1) is 15.6. The van der Waals surface area contributed by atoms with E-state index in [2.05, 4.69) is 5.32 Å². The predicted molar refractivity (Wildman–Crippen MR) is 71.6 cm³/mol. The Labute approximate surface area is 115 Å². The molecule has 1 aromatic carbocycles. The summed E-state index contributed by atoms with van der Waals surface area (Å²) in [6.45, 7) is 3.34. The second-order valence-electron chi connectivity index (χ2n) is 4.54. The molecule has 108 valence electrons. The largest absolute Gasteiger partial charge is 0.481 e. The summed E-state index contributed by atoms with van der Waals surface area (Å²) in [5.41, 5.74) is 0.549. The number of nitrogens with one attached hydrogen (secondary N) is 1. The molecule has 2 N–H and O–H groups in total. The van der Waals surface area contributed by atoms with Crippen LogP contribution in [0.3, 0.4) is 0 Å². The lowest BCUT2D eigenvalue weighted by molar-refractivity contribution is -0.385. The zero-order valence-corrected chi connectivity index (χ0v) is 11.3. The van der Waals surface area contributed by atoms with Crippen LogP contribution >= 0.6 is 0 Å². The van der Waals surface area contributed by atoms with Gasteiger partial charge in [0.05, 0.1) is 10.8 Å². The van der Waals surface area contributed by atoms with Crippen LogP contribution in [0.25, 0.3) is 0 Å². The molecule has 1 atom stereocenters. The number of benzene rings is 1. The average Bonchev–Trinajstić information content (AvgIpc) is 2.38. The van der Waals surface area contributed by atoms with Gasteiger partial charge >= 0.3 is 5.97 Å². The summed E-state index contributed by atoms with van der Waals surface area (Å²) >= 11 is 0. The van der Waals surface area contributed by atoms with E-state index in [4.69, 9.17) is 5.11 Å². The maximum absolute atomic E-state index is 11.8. The number of nitro groups is 1. The van der Waals surface area contributed by atoms with Crippen molar-refractivity contribution in [3.8, 4) is 0 Å². The molecule has 0 aliphatic carbocycles. The Morgan fingerprint density at radius 3 is 2.65 bits per heavy atom. The number of carbonyl (C=O) groups is 2. The number of aryl methyl sites for hydroxylation is 1. The molecule has 20 heavy (non-hydrogen) atoms. The number of rotatable bonds is 6. The first-order valence-electron chi connectivity index (χ1n) is 6.09. The van der Waals surface area contributed by atoms with Gasteiger partial charge < -0.3 is 10.4 Å². The van der Waals surface area contributed by atoms with Gasteiger partial charge in [-0.1, -0.05) is 13.0 Å². The van der Waals surface area contributed by atoms with Crippen LogP contribution in [0, 0.1) is 23.0 Å². The highest BCUT2D eigenvalue weighted by Gasteiger charge is 2.15. The van der Waals surface area contributed by atoms with Crippen molar-refractivity contribution in [2.75, 3.05) is 6.54 Å². The average molecular weight is 280 g/mol.